The topological polar surface area (TPSA) is 141 Å². The number of ether oxygens (including phenoxy) is 3. The third-order valence-corrected chi connectivity index (χ3v) is 6.68. The van der Waals surface area contributed by atoms with Gasteiger partial charge in [0.1, 0.15) is 22.4 Å². The predicted molar refractivity (Wildman–Crippen MR) is 115 cm³/mol. The van der Waals surface area contributed by atoms with Crippen LogP contribution in [0, 0.1) is 5.41 Å². The van der Waals surface area contributed by atoms with E-state index in [2.05, 4.69) is 4.72 Å². The summed E-state index contributed by atoms with van der Waals surface area (Å²) in [5.74, 6) is -0.486. The zero-order valence-electron chi connectivity index (χ0n) is 16.8. The van der Waals surface area contributed by atoms with Gasteiger partial charge in [-0.25, -0.2) is 13.2 Å². The molecule has 0 bridgehead atoms. The molecule has 3 rings (SSSR count). The number of nitrogens with one attached hydrogen (secondary N) is 2. The summed E-state index contributed by atoms with van der Waals surface area (Å²) in [4.78, 5) is 11.1. The molecule has 31 heavy (non-hydrogen) atoms. The predicted octanol–water partition coefficient (Wildman–Crippen LogP) is 2.81. The number of methoxy groups -OCH3 is 1. The Bertz CT molecular complexity index is 1120. The van der Waals surface area contributed by atoms with E-state index < -0.39 is 34.0 Å². The summed E-state index contributed by atoms with van der Waals surface area (Å²) in [6.45, 7) is 2.23. The van der Waals surface area contributed by atoms with E-state index in [1.54, 1.807) is 13.0 Å². The third-order valence-electron chi connectivity index (χ3n) is 4.96. The van der Waals surface area contributed by atoms with E-state index in [-0.39, 0.29) is 10.6 Å². The molecule has 2 aromatic carbocycles. The molecule has 0 saturated heterocycles. The van der Waals surface area contributed by atoms with Crippen LogP contribution in [0.2, 0.25) is 5.02 Å². The van der Waals surface area contributed by atoms with Crippen LogP contribution in [-0.4, -0.2) is 40.2 Å². The number of carbonyl (C=O) groups excluding carboxylic acids is 1. The summed E-state index contributed by atoms with van der Waals surface area (Å²) in [6.07, 6.45) is -0.572. The molecule has 2 unspecified atom stereocenters. The maximum atomic E-state index is 13.2. The molecule has 4 N–H and O–H groups in total. The second-order valence-corrected chi connectivity index (χ2v) is 9.01. The van der Waals surface area contributed by atoms with E-state index in [1.807, 2.05) is 12.1 Å². The van der Waals surface area contributed by atoms with Crippen molar-refractivity contribution < 1.29 is 27.4 Å². The van der Waals surface area contributed by atoms with E-state index in [1.165, 1.54) is 25.3 Å². The number of halogens is 1. The number of nitrogens with two attached hydrogens (primary N) is 1. The Labute approximate surface area is 185 Å². The van der Waals surface area contributed by atoms with Crippen LogP contribution in [0.1, 0.15) is 24.0 Å². The van der Waals surface area contributed by atoms with Gasteiger partial charge in [-0.1, -0.05) is 30.7 Å². The first-order valence-electron chi connectivity index (χ1n) is 9.30. The van der Waals surface area contributed by atoms with Crippen LogP contribution in [0.4, 0.5) is 4.79 Å². The molecule has 11 heteroatoms. The van der Waals surface area contributed by atoms with E-state index in [0.717, 1.165) is 11.1 Å². The molecular formula is C20H22ClN3O6S. The highest BCUT2D eigenvalue weighted by Crippen LogP contribution is 2.35. The number of hydrogen-bond acceptors (Lipinski definition) is 7. The second kappa shape index (κ2) is 9.13. The molecule has 0 aliphatic carbocycles. The molecule has 0 spiro atoms. The summed E-state index contributed by atoms with van der Waals surface area (Å²) in [5, 5.41) is 8.49. The summed E-state index contributed by atoms with van der Waals surface area (Å²) < 4.78 is 44.2. The maximum absolute atomic E-state index is 13.2. The molecule has 1 amide bonds. The minimum absolute atomic E-state index is 0.0303. The van der Waals surface area contributed by atoms with Crippen LogP contribution in [0.25, 0.3) is 0 Å². The summed E-state index contributed by atoms with van der Waals surface area (Å²) in [5.41, 5.74) is 6.74. The Kier molecular flexibility index (Phi) is 6.73. The number of carbonyl (C=O) groups is 1. The van der Waals surface area contributed by atoms with Gasteiger partial charge < -0.3 is 19.9 Å². The van der Waals surface area contributed by atoms with Crippen LogP contribution in [0.3, 0.4) is 0 Å². The standard InChI is InChI=1S/C20H22ClN3O6S/c1-11(13-4-3-5-15-14(13)8-9-29-15)18(19(22)30-20(23)25)24-31(26,27)17-7-6-12(21)10-16(17)28-2/h3-7,10-11,18,22,24H,8-9H2,1-2H3,(H2,23,25). The zero-order valence-corrected chi connectivity index (χ0v) is 18.4. The van der Waals surface area contributed by atoms with Gasteiger partial charge in [-0.15, -0.1) is 0 Å². The fraction of sp³-hybridized carbons (Fsp3) is 0.300. The average molecular weight is 468 g/mol. The van der Waals surface area contributed by atoms with Crippen molar-refractivity contribution in [1.82, 2.24) is 4.72 Å². The highest BCUT2D eigenvalue weighted by atomic mass is 35.5. The Morgan fingerprint density at radius 3 is 2.74 bits per heavy atom. The third kappa shape index (κ3) is 4.92. The summed E-state index contributed by atoms with van der Waals surface area (Å²) in [6, 6.07) is 8.25. The summed E-state index contributed by atoms with van der Waals surface area (Å²) >= 11 is 5.93. The van der Waals surface area contributed by atoms with Crippen molar-refractivity contribution in [3.8, 4) is 11.5 Å². The highest BCUT2D eigenvalue weighted by Gasteiger charge is 2.34. The molecule has 0 fully saturated rings. The smallest absolute Gasteiger partial charge is 0.411 e. The number of benzene rings is 2. The van der Waals surface area contributed by atoms with E-state index in [4.69, 9.17) is 37.0 Å². The quantitative estimate of drug-likeness (QED) is 0.422. The normalized spacial score (nSPS) is 14.8. The molecule has 1 heterocycles. The van der Waals surface area contributed by atoms with Gasteiger partial charge in [0.25, 0.3) is 0 Å². The number of fused-ring (bicyclic) bond motifs is 1. The Hall–Kier alpha value is -2.82. The van der Waals surface area contributed by atoms with Gasteiger partial charge >= 0.3 is 6.09 Å². The van der Waals surface area contributed by atoms with Crippen LogP contribution in [0.5, 0.6) is 11.5 Å². The number of hydrogen-bond donors (Lipinski definition) is 3. The van der Waals surface area contributed by atoms with Gasteiger partial charge in [0.05, 0.1) is 13.7 Å². The number of amides is 1. The molecule has 0 saturated carbocycles. The molecule has 166 valence electrons. The highest BCUT2D eigenvalue weighted by molar-refractivity contribution is 7.89. The fourth-order valence-electron chi connectivity index (χ4n) is 3.50. The van der Waals surface area contributed by atoms with Crippen LogP contribution < -0.4 is 19.9 Å². The van der Waals surface area contributed by atoms with Crippen molar-refractivity contribution >= 4 is 33.6 Å². The molecule has 2 atom stereocenters. The zero-order chi connectivity index (χ0) is 22.8. The molecule has 2 aromatic rings. The minimum Gasteiger partial charge on any atom is -0.495 e. The van der Waals surface area contributed by atoms with Gasteiger partial charge in [-0.05, 0) is 23.8 Å². The fourth-order valence-corrected chi connectivity index (χ4v) is 5.09. The number of primary amides is 1. The lowest BCUT2D eigenvalue weighted by molar-refractivity contribution is 0.204. The SMILES string of the molecule is COc1cc(Cl)ccc1S(=O)(=O)NC(C(=N)OC(N)=O)C(C)c1cccc2c1CCO2. The van der Waals surface area contributed by atoms with Crippen molar-refractivity contribution in [2.75, 3.05) is 13.7 Å². The van der Waals surface area contributed by atoms with Crippen LogP contribution >= 0.6 is 11.6 Å². The van der Waals surface area contributed by atoms with Crippen molar-refractivity contribution in [2.24, 2.45) is 5.73 Å². The monoisotopic (exact) mass is 467 g/mol. The Morgan fingerprint density at radius 2 is 2.06 bits per heavy atom. The lowest BCUT2D eigenvalue weighted by Gasteiger charge is -2.26. The molecule has 1 aliphatic rings. The van der Waals surface area contributed by atoms with Crippen molar-refractivity contribution in [2.45, 2.75) is 30.2 Å². The Balaban J connectivity index is 2.01. The first kappa shape index (κ1) is 22.9. The van der Waals surface area contributed by atoms with Crippen molar-refractivity contribution in [1.29, 1.82) is 5.41 Å². The number of rotatable bonds is 7. The van der Waals surface area contributed by atoms with Crippen molar-refractivity contribution in [3.05, 3.63) is 52.5 Å². The van der Waals surface area contributed by atoms with Gasteiger partial charge in [-0.3, -0.25) is 5.41 Å². The second-order valence-electron chi connectivity index (χ2n) is 6.89. The van der Waals surface area contributed by atoms with Crippen LogP contribution in [0.15, 0.2) is 41.3 Å². The van der Waals surface area contributed by atoms with Gasteiger partial charge in [0.2, 0.25) is 15.9 Å². The molecule has 1 aliphatic heterocycles. The first-order valence-corrected chi connectivity index (χ1v) is 11.2. The largest absolute Gasteiger partial charge is 0.495 e. The molecular weight excluding hydrogens is 446 g/mol. The van der Waals surface area contributed by atoms with E-state index >= 15 is 0 Å². The average Bonchev–Trinajstić information content (AvgIpc) is 3.19. The first-order chi connectivity index (χ1) is 14.6. The number of sulfonamides is 1. The van der Waals surface area contributed by atoms with Crippen LogP contribution in [-0.2, 0) is 21.2 Å². The van der Waals surface area contributed by atoms with Gasteiger partial charge in [0.15, 0.2) is 0 Å². The van der Waals surface area contributed by atoms with E-state index in [0.29, 0.717) is 23.8 Å². The molecule has 0 radical (unpaired) electrons. The van der Waals surface area contributed by atoms with Crippen molar-refractivity contribution in [3.63, 3.8) is 0 Å². The van der Waals surface area contributed by atoms with Gasteiger partial charge in [0, 0.05) is 29.0 Å². The minimum atomic E-state index is -4.20. The Morgan fingerprint density at radius 1 is 1.32 bits per heavy atom. The molecule has 0 aromatic heterocycles. The lowest BCUT2D eigenvalue weighted by Crippen LogP contribution is -2.46. The maximum Gasteiger partial charge on any atom is 0.411 e. The lowest BCUT2D eigenvalue weighted by atomic mass is 9.89. The summed E-state index contributed by atoms with van der Waals surface area (Å²) in [7, 11) is -2.89. The molecule has 9 nitrogen and oxygen atoms in total. The van der Waals surface area contributed by atoms with Gasteiger partial charge in [-0.2, -0.15) is 4.72 Å². The van der Waals surface area contributed by atoms with E-state index in [9.17, 15) is 13.2 Å².